The Morgan fingerprint density at radius 2 is 1.70 bits per heavy atom. The van der Waals surface area contributed by atoms with Gasteiger partial charge in [0.25, 0.3) is 11.5 Å². The zero-order chi connectivity index (χ0) is 46.5. The highest BCUT2D eigenvalue weighted by molar-refractivity contribution is 5.94. The van der Waals surface area contributed by atoms with Crippen LogP contribution in [0.4, 0.5) is 24.5 Å². The Balaban J connectivity index is 0.765. The van der Waals surface area contributed by atoms with Crippen molar-refractivity contribution in [2.24, 2.45) is 0 Å². The van der Waals surface area contributed by atoms with Crippen molar-refractivity contribution < 1.29 is 36.7 Å². The molecule has 6 aromatic rings. The first-order valence-electron chi connectivity index (χ1n) is 22.1. The third-order valence-corrected chi connectivity index (χ3v) is 11.3. The van der Waals surface area contributed by atoms with Gasteiger partial charge in [-0.05, 0) is 119 Å². The first-order valence-corrected chi connectivity index (χ1v) is 22.1. The number of hydrogen-bond donors (Lipinski definition) is 3. The first kappa shape index (κ1) is 47.4. The number of rotatable bonds is 20. The lowest BCUT2D eigenvalue weighted by Crippen LogP contribution is -2.36. The molecule has 0 radical (unpaired) electrons. The number of hydrogen-bond acceptors (Lipinski definition) is 10. The highest BCUT2D eigenvalue weighted by atomic mass is 19.4. The van der Waals surface area contributed by atoms with Crippen LogP contribution in [-0.2, 0) is 33.8 Å². The minimum Gasteiger partial charge on any atom is -0.484 e. The molecule has 1 aliphatic rings. The second-order valence-electron chi connectivity index (χ2n) is 16.4. The highest BCUT2D eigenvalue weighted by Gasteiger charge is 2.30. The van der Waals surface area contributed by atoms with Crippen LogP contribution < -0.4 is 26.2 Å². The predicted octanol–water partition coefficient (Wildman–Crippen LogP) is 7.43. The number of carbonyl (C=O) groups excluding carboxylic acids is 1. The van der Waals surface area contributed by atoms with Gasteiger partial charge in [0.2, 0.25) is 0 Å². The number of pyridine rings is 1. The zero-order valence-corrected chi connectivity index (χ0v) is 37.5. The van der Waals surface area contributed by atoms with Crippen molar-refractivity contribution in [3.05, 3.63) is 130 Å². The number of amides is 1. The van der Waals surface area contributed by atoms with Crippen molar-refractivity contribution in [2.75, 3.05) is 76.9 Å². The van der Waals surface area contributed by atoms with Gasteiger partial charge in [0, 0.05) is 52.7 Å². The van der Waals surface area contributed by atoms with Crippen LogP contribution in [0.25, 0.3) is 22.0 Å². The number of ether oxygens (including phenoxy) is 3. The van der Waals surface area contributed by atoms with Gasteiger partial charge in [-0.1, -0.05) is 41.4 Å². The number of fused-ring (bicyclic) bond motifs is 1. The fourth-order valence-corrected chi connectivity index (χ4v) is 7.91. The molecular weight excluding hydrogens is 852 g/mol. The van der Waals surface area contributed by atoms with Gasteiger partial charge in [-0.15, -0.1) is 0 Å². The summed E-state index contributed by atoms with van der Waals surface area (Å²) in [5, 5.41) is 14.3. The van der Waals surface area contributed by atoms with Gasteiger partial charge in [0.1, 0.15) is 18.1 Å². The number of alkyl halides is 3. The molecule has 66 heavy (non-hydrogen) atoms. The maximum absolute atomic E-state index is 13.7. The van der Waals surface area contributed by atoms with Crippen LogP contribution in [0.1, 0.15) is 41.1 Å². The Morgan fingerprint density at radius 3 is 2.45 bits per heavy atom. The van der Waals surface area contributed by atoms with E-state index in [1.807, 2.05) is 56.3 Å². The molecule has 1 fully saturated rings. The molecule has 0 saturated carbocycles. The number of aromatic nitrogens is 3. The Kier molecular flexibility index (Phi) is 16.2. The molecule has 4 heterocycles. The summed E-state index contributed by atoms with van der Waals surface area (Å²) in [6.45, 7) is 6.86. The summed E-state index contributed by atoms with van der Waals surface area (Å²) in [6, 6.07) is 25.9. The average Bonchev–Trinajstić information content (AvgIpc) is 3.82. The molecule has 13 nitrogen and oxygen atoms in total. The molecule has 3 aromatic heterocycles. The van der Waals surface area contributed by atoms with E-state index < -0.39 is 12.7 Å². The van der Waals surface area contributed by atoms with Crippen LogP contribution in [0, 0.1) is 25.7 Å². The van der Waals surface area contributed by atoms with Crippen molar-refractivity contribution in [1.82, 2.24) is 24.5 Å². The molecule has 0 unspecified atom stereocenters. The van der Waals surface area contributed by atoms with Gasteiger partial charge in [-0.2, -0.15) is 13.2 Å². The third-order valence-electron chi connectivity index (χ3n) is 11.3. The van der Waals surface area contributed by atoms with E-state index in [4.69, 9.17) is 18.7 Å². The lowest BCUT2D eigenvalue weighted by Gasteiger charge is -2.30. The summed E-state index contributed by atoms with van der Waals surface area (Å²) in [7, 11) is 2.09. The van der Waals surface area contributed by atoms with Crippen molar-refractivity contribution in [1.29, 1.82) is 0 Å². The number of nitrogens with one attached hydrogen (secondary N) is 3. The quantitative estimate of drug-likeness (QED) is 0.0525. The Labute approximate surface area is 382 Å². The standard InChI is InChI=1S/C50H56F3N7O6/c1-35-49(36(2)66-57-35)39-14-17-48(62)59(32-39)31-38-7-4-9-43(29-38)65-33-47(61)55-22-26-64-28-27-63-25-20-37-12-15-40(16-13-37)54-21-6-8-42-30-44-45(56-41-18-23-58(3)24-19-41)10-5-11-46(44)60(42)34-50(51,52)53/h4-5,7,9-17,29-30,32,41,54,56H,18-28,31,33-34H2,1-3H3,(H,55,61). The fraction of sp³-hybridized carbons (Fsp3) is 0.380. The maximum Gasteiger partial charge on any atom is 0.406 e. The number of carbonyl (C=O) groups is 1. The molecule has 348 valence electrons. The van der Waals surface area contributed by atoms with E-state index in [0.717, 1.165) is 70.6 Å². The minimum absolute atomic E-state index is 0.148. The monoisotopic (exact) mass is 907 g/mol. The summed E-state index contributed by atoms with van der Waals surface area (Å²) in [4.78, 5) is 27.3. The molecule has 16 heteroatoms. The molecule has 3 aromatic carbocycles. The van der Waals surface area contributed by atoms with E-state index in [-0.39, 0.29) is 30.7 Å². The van der Waals surface area contributed by atoms with Crippen LogP contribution in [0.15, 0.2) is 100 Å². The molecule has 1 amide bonds. The van der Waals surface area contributed by atoms with E-state index in [1.165, 1.54) is 10.6 Å². The number of likely N-dealkylation sites (tertiary alicyclic amines) is 1. The number of nitrogens with zero attached hydrogens (tertiary/aromatic N) is 4. The summed E-state index contributed by atoms with van der Waals surface area (Å²) >= 11 is 0. The smallest absolute Gasteiger partial charge is 0.406 e. The van der Waals surface area contributed by atoms with Crippen LogP contribution in [0.5, 0.6) is 5.75 Å². The van der Waals surface area contributed by atoms with Gasteiger partial charge in [-0.25, -0.2) is 0 Å². The van der Waals surface area contributed by atoms with Gasteiger partial charge < -0.3 is 48.7 Å². The van der Waals surface area contributed by atoms with Crippen molar-refractivity contribution in [2.45, 2.75) is 58.4 Å². The Hall–Kier alpha value is -6.54. The van der Waals surface area contributed by atoms with Gasteiger partial charge in [-0.3, -0.25) is 9.59 Å². The second kappa shape index (κ2) is 22.6. The van der Waals surface area contributed by atoms with Crippen LogP contribution >= 0.6 is 0 Å². The highest BCUT2D eigenvalue weighted by Crippen LogP contribution is 2.31. The average molecular weight is 908 g/mol. The number of anilines is 2. The molecule has 0 atom stereocenters. The molecule has 0 bridgehead atoms. The van der Waals surface area contributed by atoms with Crippen LogP contribution in [-0.4, -0.2) is 104 Å². The number of halogens is 3. The molecule has 1 saturated heterocycles. The van der Waals surface area contributed by atoms with Crippen LogP contribution in [0.3, 0.4) is 0 Å². The second-order valence-corrected chi connectivity index (χ2v) is 16.4. The molecule has 0 aliphatic carbocycles. The summed E-state index contributed by atoms with van der Waals surface area (Å²) < 4.78 is 66.3. The lowest BCUT2D eigenvalue weighted by atomic mass is 10.0. The van der Waals surface area contributed by atoms with E-state index in [0.29, 0.717) is 68.7 Å². The van der Waals surface area contributed by atoms with E-state index in [2.05, 4.69) is 44.9 Å². The maximum atomic E-state index is 13.7. The molecule has 3 N–H and O–H groups in total. The molecule has 1 aliphatic heterocycles. The summed E-state index contributed by atoms with van der Waals surface area (Å²) in [5.74, 6) is 6.90. The van der Waals surface area contributed by atoms with Gasteiger partial charge in [0.15, 0.2) is 6.61 Å². The number of aryl methyl sites for hydroxylation is 2. The summed E-state index contributed by atoms with van der Waals surface area (Å²) in [6.07, 6.45) is 0.0393. The Morgan fingerprint density at radius 1 is 0.924 bits per heavy atom. The summed E-state index contributed by atoms with van der Waals surface area (Å²) in [5.41, 5.74) is 6.73. The minimum atomic E-state index is -4.39. The SMILES string of the molecule is Cc1noc(C)c1-c1ccc(=O)n(Cc2cccc(OCC(=O)NCCOCCOCCc3ccc(NCC#Cc4cc5c(NC6CCN(C)CC6)cccc5n4CC(F)(F)F)cc3)c2)c1. The molecule has 7 rings (SSSR count). The zero-order valence-electron chi connectivity index (χ0n) is 37.5. The van der Waals surface area contributed by atoms with Crippen molar-refractivity contribution >= 4 is 28.2 Å². The molecule has 0 spiro atoms. The first-order chi connectivity index (χ1) is 31.9. The lowest BCUT2D eigenvalue weighted by molar-refractivity contribution is -0.140. The third kappa shape index (κ3) is 13.5. The van der Waals surface area contributed by atoms with Crippen LogP contribution in [0.2, 0.25) is 0 Å². The topological polar surface area (TPSA) is 137 Å². The van der Waals surface area contributed by atoms with E-state index in [9.17, 15) is 22.8 Å². The fourth-order valence-electron chi connectivity index (χ4n) is 7.91. The number of piperidine rings is 1. The van der Waals surface area contributed by atoms with E-state index >= 15 is 0 Å². The largest absolute Gasteiger partial charge is 0.484 e. The van der Waals surface area contributed by atoms with Gasteiger partial charge >= 0.3 is 6.18 Å². The normalized spacial score (nSPS) is 13.4. The van der Waals surface area contributed by atoms with Gasteiger partial charge in [0.05, 0.1) is 56.4 Å². The molecular formula is C50H56F3N7O6. The number of benzene rings is 3. The van der Waals surface area contributed by atoms with Crippen molar-refractivity contribution in [3.63, 3.8) is 0 Å². The Bertz CT molecular complexity index is 2650. The van der Waals surface area contributed by atoms with Crippen molar-refractivity contribution in [3.8, 4) is 28.7 Å². The predicted molar refractivity (Wildman–Crippen MR) is 249 cm³/mol. The van der Waals surface area contributed by atoms with E-state index in [1.54, 1.807) is 47.2 Å².